The van der Waals surface area contributed by atoms with Crippen molar-refractivity contribution in [2.45, 2.75) is 35.2 Å². The fourth-order valence-corrected chi connectivity index (χ4v) is 5.18. The number of carbonyl (C=O) groups is 1. The van der Waals surface area contributed by atoms with Crippen LogP contribution in [-0.4, -0.2) is 26.5 Å². The molecule has 0 spiro atoms. The Bertz CT molecular complexity index is 1190. The Labute approximate surface area is 186 Å². The number of hydrogen-bond acceptors (Lipinski definition) is 5. The summed E-state index contributed by atoms with van der Waals surface area (Å²) in [6.45, 7) is 2.39. The van der Waals surface area contributed by atoms with Gasteiger partial charge in [-0.3, -0.25) is 14.2 Å². The molecule has 160 valence electrons. The fourth-order valence-electron chi connectivity index (χ4n) is 3.25. The lowest BCUT2D eigenvalue weighted by atomic mass is 10.2. The highest BCUT2D eigenvalue weighted by Crippen LogP contribution is 2.34. The molecule has 0 saturated heterocycles. The first-order valence-electron chi connectivity index (χ1n) is 9.62. The molecule has 0 aliphatic carbocycles. The van der Waals surface area contributed by atoms with Gasteiger partial charge >= 0.3 is 0 Å². The van der Waals surface area contributed by atoms with Crippen LogP contribution in [0.1, 0.15) is 18.2 Å². The highest BCUT2D eigenvalue weighted by molar-refractivity contribution is 8.00. The molecule has 0 fully saturated rings. The van der Waals surface area contributed by atoms with E-state index < -0.39 is 17.5 Å². The Morgan fingerprint density at radius 3 is 2.77 bits per heavy atom. The van der Waals surface area contributed by atoms with E-state index in [-0.39, 0.29) is 22.2 Å². The average Bonchev–Trinajstić information content (AvgIpc) is 3.12. The van der Waals surface area contributed by atoms with E-state index >= 15 is 0 Å². The minimum absolute atomic E-state index is 0.0699. The van der Waals surface area contributed by atoms with Gasteiger partial charge in [-0.25, -0.2) is 13.8 Å². The predicted molar refractivity (Wildman–Crippen MR) is 119 cm³/mol. The van der Waals surface area contributed by atoms with E-state index in [1.807, 2.05) is 37.3 Å². The zero-order valence-corrected chi connectivity index (χ0v) is 18.2. The molecule has 1 amide bonds. The number of nitrogens with zero attached hydrogens (tertiary/aromatic N) is 2. The number of anilines is 1. The number of nitrogens with one attached hydrogen (secondary N) is 1. The van der Waals surface area contributed by atoms with Gasteiger partial charge in [-0.1, -0.05) is 49.0 Å². The summed E-state index contributed by atoms with van der Waals surface area (Å²) in [5, 5.41) is 3.14. The Morgan fingerprint density at radius 1 is 1.26 bits per heavy atom. The van der Waals surface area contributed by atoms with Gasteiger partial charge in [0, 0.05) is 17.7 Å². The van der Waals surface area contributed by atoms with Crippen LogP contribution in [0.5, 0.6) is 0 Å². The Kier molecular flexibility index (Phi) is 6.43. The van der Waals surface area contributed by atoms with Crippen LogP contribution < -0.4 is 10.9 Å². The lowest BCUT2D eigenvalue weighted by Gasteiger charge is -2.14. The largest absolute Gasteiger partial charge is 0.323 e. The third kappa shape index (κ3) is 4.99. The van der Waals surface area contributed by atoms with Crippen molar-refractivity contribution in [3.8, 4) is 0 Å². The molecule has 1 unspecified atom stereocenters. The number of amides is 1. The first-order chi connectivity index (χ1) is 14.9. The molecule has 1 aromatic heterocycles. The Morgan fingerprint density at radius 2 is 2.03 bits per heavy atom. The Hall–Kier alpha value is -2.65. The smallest absolute Gasteiger partial charge is 0.268 e. The number of rotatable bonds is 6. The molecule has 1 N–H and O–H groups in total. The maximum atomic E-state index is 13.8. The molecule has 0 bridgehead atoms. The SMILES string of the molecule is CC1Cc2nc(SCC(=O)Nc3ccc(F)cc3F)n(Cc3ccccc3)c(=O)c2S1. The third-order valence-corrected chi connectivity index (χ3v) is 6.88. The van der Waals surface area contributed by atoms with Gasteiger partial charge in [0.25, 0.3) is 5.56 Å². The quantitative estimate of drug-likeness (QED) is 0.439. The topological polar surface area (TPSA) is 64.0 Å². The fraction of sp³-hybridized carbons (Fsp3) is 0.227. The summed E-state index contributed by atoms with van der Waals surface area (Å²) in [7, 11) is 0. The van der Waals surface area contributed by atoms with E-state index in [4.69, 9.17) is 0 Å². The molecule has 1 aliphatic heterocycles. The summed E-state index contributed by atoms with van der Waals surface area (Å²) in [4.78, 5) is 30.8. The maximum Gasteiger partial charge on any atom is 0.268 e. The molecular weight excluding hydrogens is 440 g/mol. The minimum atomic E-state index is -0.846. The number of thioether (sulfide) groups is 2. The van der Waals surface area contributed by atoms with Gasteiger partial charge in [0.05, 0.1) is 28.6 Å². The first kappa shape index (κ1) is 21.6. The Balaban J connectivity index is 1.56. The van der Waals surface area contributed by atoms with Crippen molar-refractivity contribution in [3.63, 3.8) is 0 Å². The highest BCUT2D eigenvalue weighted by Gasteiger charge is 2.26. The van der Waals surface area contributed by atoms with E-state index in [0.29, 0.717) is 29.1 Å². The molecule has 0 saturated carbocycles. The number of hydrogen-bond donors (Lipinski definition) is 1. The molecule has 9 heteroatoms. The number of benzene rings is 2. The average molecular weight is 460 g/mol. The van der Waals surface area contributed by atoms with E-state index in [2.05, 4.69) is 10.3 Å². The first-order valence-corrected chi connectivity index (χ1v) is 11.5. The summed E-state index contributed by atoms with van der Waals surface area (Å²) in [5.41, 5.74) is 1.48. The van der Waals surface area contributed by atoms with Crippen molar-refractivity contribution in [2.24, 2.45) is 0 Å². The van der Waals surface area contributed by atoms with Crippen LogP contribution in [0, 0.1) is 11.6 Å². The van der Waals surface area contributed by atoms with Gasteiger partial charge in [-0.15, -0.1) is 11.8 Å². The number of carbonyl (C=O) groups excluding carboxylic acids is 1. The zero-order valence-electron chi connectivity index (χ0n) is 16.6. The van der Waals surface area contributed by atoms with Crippen molar-refractivity contribution in [1.29, 1.82) is 0 Å². The summed E-state index contributed by atoms with van der Waals surface area (Å²) in [5.74, 6) is -2.11. The summed E-state index contributed by atoms with van der Waals surface area (Å²) < 4.78 is 28.4. The second-order valence-corrected chi connectivity index (χ2v) is 9.53. The molecule has 0 radical (unpaired) electrons. The van der Waals surface area contributed by atoms with Gasteiger partial charge in [-0.2, -0.15) is 0 Å². The second kappa shape index (κ2) is 9.23. The lowest BCUT2D eigenvalue weighted by molar-refractivity contribution is -0.113. The molecular formula is C22H19F2N3O2S2. The zero-order chi connectivity index (χ0) is 22.0. The summed E-state index contributed by atoms with van der Waals surface area (Å²) in [6.07, 6.45) is 0.696. The van der Waals surface area contributed by atoms with Gasteiger partial charge in [-0.05, 0) is 17.7 Å². The van der Waals surface area contributed by atoms with Gasteiger partial charge in [0.2, 0.25) is 5.91 Å². The predicted octanol–water partition coefficient (Wildman–Crippen LogP) is 4.34. The van der Waals surface area contributed by atoms with Crippen molar-refractivity contribution in [2.75, 3.05) is 11.1 Å². The molecule has 2 aromatic carbocycles. The molecule has 1 atom stereocenters. The molecule has 2 heterocycles. The van der Waals surface area contributed by atoms with Crippen LogP contribution in [0.3, 0.4) is 0 Å². The van der Waals surface area contributed by atoms with E-state index in [0.717, 1.165) is 29.1 Å². The van der Waals surface area contributed by atoms with E-state index in [1.54, 1.807) is 4.57 Å². The molecule has 5 nitrogen and oxygen atoms in total. The monoisotopic (exact) mass is 459 g/mol. The summed E-state index contributed by atoms with van der Waals surface area (Å²) >= 11 is 2.64. The summed E-state index contributed by atoms with van der Waals surface area (Å²) in [6, 6.07) is 12.5. The van der Waals surface area contributed by atoms with Gasteiger partial charge in [0.1, 0.15) is 11.6 Å². The van der Waals surface area contributed by atoms with Crippen LogP contribution in [0.15, 0.2) is 63.4 Å². The standard InChI is InChI=1S/C22H19F2N3O2S2/c1-13-9-18-20(31-13)21(29)27(11-14-5-3-2-4-6-14)22(26-18)30-12-19(28)25-17-8-7-15(23)10-16(17)24/h2-8,10,13H,9,11-12H2,1H3,(H,25,28). The van der Waals surface area contributed by atoms with Crippen LogP contribution in [0.2, 0.25) is 0 Å². The van der Waals surface area contributed by atoms with Crippen LogP contribution in [0.25, 0.3) is 0 Å². The van der Waals surface area contributed by atoms with E-state index in [9.17, 15) is 18.4 Å². The van der Waals surface area contributed by atoms with Crippen molar-refractivity contribution in [3.05, 3.63) is 81.8 Å². The molecule has 1 aliphatic rings. The van der Waals surface area contributed by atoms with E-state index in [1.165, 1.54) is 17.8 Å². The van der Waals surface area contributed by atoms with Crippen molar-refractivity contribution >= 4 is 35.1 Å². The lowest BCUT2D eigenvalue weighted by Crippen LogP contribution is -2.26. The number of fused-ring (bicyclic) bond motifs is 1. The third-order valence-electron chi connectivity index (χ3n) is 4.68. The van der Waals surface area contributed by atoms with Crippen molar-refractivity contribution in [1.82, 2.24) is 9.55 Å². The van der Waals surface area contributed by atoms with Crippen LogP contribution >= 0.6 is 23.5 Å². The molecule has 3 aromatic rings. The highest BCUT2D eigenvalue weighted by atomic mass is 32.2. The van der Waals surface area contributed by atoms with Crippen molar-refractivity contribution < 1.29 is 13.6 Å². The van der Waals surface area contributed by atoms with Crippen LogP contribution in [0.4, 0.5) is 14.5 Å². The second-order valence-electron chi connectivity index (χ2n) is 7.14. The number of aromatic nitrogens is 2. The van der Waals surface area contributed by atoms with Gasteiger partial charge < -0.3 is 5.32 Å². The minimum Gasteiger partial charge on any atom is -0.323 e. The van der Waals surface area contributed by atoms with Gasteiger partial charge in [0.15, 0.2) is 5.16 Å². The number of halogens is 2. The van der Waals surface area contributed by atoms with Crippen LogP contribution in [-0.2, 0) is 17.8 Å². The maximum absolute atomic E-state index is 13.8. The molecule has 4 rings (SSSR count). The normalized spacial score (nSPS) is 15.0. The molecule has 31 heavy (non-hydrogen) atoms.